The van der Waals surface area contributed by atoms with Crippen molar-refractivity contribution in [3.05, 3.63) is 41.4 Å². The highest BCUT2D eigenvalue weighted by atomic mass is 32.1. The first-order chi connectivity index (χ1) is 8.83. The van der Waals surface area contributed by atoms with Crippen molar-refractivity contribution in [1.82, 2.24) is 9.59 Å². The summed E-state index contributed by atoms with van der Waals surface area (Å²) >= 11 is 1.30. The van der Waals surface area contributed by atoms with Gasteiger partial charge in [0.25, 0.3) is 0 Å². The molecule has 2 aromatic rings. The van der Waals surface area contributed by atoms with Gasteiger partial charge in [0.1, 0.15) is 23.4 Å². The van der Waals surface area contributed by atoms with E-state index in [1.165, 1.54) is 17.7 Å². The Bertz CT molecular complexity index is 613. The minimum atomic E-state index is 0.0303. The van der Waals surface area contributed by atoms with Crippen molar-refractivity contribution in [2.45, 2.75) is 0 Å². The van der Waals surface area contributed by atoms with E-state index in [0.717, 1.165) is 16.9 Å². The Labute approximate surface area is 108 Å². The lowest BCUT2D eigenvalue weighted by Crippen LogP contribution is -1.89. The molecule has 0 bridgehead atoms. The van der Waals surface area contributed by atoms with E-state index in [9.17, 15) is 0 Å². The Morgan fingerprint density at radius 2 is 1.94 bits per heavy atom. The lowest BCUT2D eigenvalue weighted by Gasteiger charge is -2.01. The molecule has 0 aliphatic rings. The maximum absolute atomic E-state index is 8.58. The number of allylic oxidation sites excluding steroid dienone is 1. The van der Waals surface area contributed by atoms with Gasteiger partial charge in [0.05, 0.1) is 0 Å². The molecule has 6 heteroatoms. The van der Waals surface area contributed by atoms with Gasteiger partial charge in [-0.05, 0) is 23.7 Å². The lowest BCUT2D eigenvalue weighted by molar-refractivity contribution is 1.16. The van der Waals surface area contributed by atoms with E-state index in [4.69, 9.17) is 10.5 Å². The minimum absolute atomic E-state index is 0.0303. The van der Waals surface area contributed by atoms with Crippen LogP contribution in [0.3, 0.4) is 0 Å². The second-order valence-electron chi connectivity index (χ2n) is 3.29. The summed E-state index contributed by atoms with van der Waals surface area (Å²) < 4.78 is 3.80. The van der Waals surface area contributed by atoms with Crippen LogP contribution in [0.25, 0.3) is 11.3 Å². The number of nitrogens with zero attached hydrogens (tertiary/aromatic N) is 4. The van der Waals surface area contributed by atoms with Gasteiger partial charge in [-0.1, -0.05) is 16.6 Å². The van der Waals surface area contributed by atoms with E-state index in [-0.39, 0.29) is 5.57 Å². The molecule has 1 aromatic heterocycles. The van der Waals surface area contributed by atoms with Gasteiger partial charge < -0.3 is 5.32 Å². The summed E-state index contributed by atoms with van der Waals surface area (Å²) in [6.45, 7) is 0. The van der Waals surface area contributed by atoms with Crippen LogP contribution in [0, 0.1) is 22.7 Å². The van der Waals surface area contributed by atoms with Gasteiger partial charge in [-0.2, -0.15) is 10.5 Å². The fourth-order valence-electron chi connectivity index (χ4n) is 1.27. The van der Waals surface area contributed by atoms with Crippen LogP contribution in [-0.4, -0.2) is 9.59 Å². The molecule has 86 valence electrons. The number of hydrogen-bond acceptors (Lipinski definition) is 6. The maximum atomic E-state index is 8.58. The first kappa shape index (κ1) is 11.8. The van der Waals surface area contributed by atoms with E-state index < -0.39 is 0 Å². The largest absolute Gasteiger partial charge is 0.360 e. The van der Waals surface area contributed by atoms with E-state index in [1.807, 2.05) is 29.6 Å². The topological polar surface area (TPSA) is 85.4 Å². The smallest absolute Gasteiger partial charge is 0.145 e. The predicted molar refractivity (Wildman–Crippen MR) is 68.3 cm³/mol. The third-order valence-electron chi connectivity index (χ3n) is 2.16. The van der Waals surface area contributed by atoms with Crippen molar-refractivity contribution in [1.29, 1.82) is 10.5 Å². The Morgan fingerprint density at radius 1 is 1.22 bits per heavy atom. The fraction of sp³-hybridized carbons (Fsp3) is 0. The summed E-state index contributed by atoms with van der Waals surface area (Å²) in [6, 6.07) is 11.0. The molecule has 0 unspecified atom stereocenters. The van der Waals surface area contributed by atoms with Gasteiger partial charge in [-0.25, -0.2) is 0 Å². The molecular weight excluding hydrogens is 246 g/mol. The van der Waals surface area contributed by atoms with Crippen molar-refractivity contribution < 1.29 is 0 Å². The third-order valence-corrected chi connectivity index (χ3v) is 2.67. The summed E-state index contributed by atoms with van der Waals surface area (Å²) in [5.74, 6) is 0. The van der Waals surface area contributed by atoms with Crippen molar-refractivity contribution in [3.8, 4) is 23.4 Å². The SMILES string of the molecule is N#CC(C#N)=CNc1ccc(-c2csnn2)cc1. The van der Waals surface area contributed by atoms with Gasteiger partial charge in [0, 0.05) is 22.8 Å². The van der Waals surface area contributed by atoms with Gasteiger partial charge in [0.15, 0.2) is 0 Å². The van der Waals surface area contributed by atoms with Gasteiger partial charge in [-0.3, -0.25) is 0 Å². The maximum Gasteiger partial charge on any atom is 0.145 e. The summed E-state index contributed by atoms with van der Waals surface area (Å²) in [7, 11) is 0. The van der Waals surface area contributed by atoms with Gasteiger partial charge >= 0.3 is 0 Å². The zero-order chi connectivity index (χ0) is 12.8. The molecule has 0 fully saturated rings. The molecule has 0 saturated heterocycles. The molecule has 1 heterocycles. The van der Waals surface area contributed by atoms with Crippen molar-refractivity contribution >= 4 is 17.2 Å². The molecule has 0 atom stereocenters. The number of nitrogens with one attached hydrogen (secondary N) is 1. The summed E-state index contributed by atoms with van der Waals surface area (Å²) in [6.07, 6.45) is 1.37. The zero-order valence-electron chi connectivity index (χ0n) is 9.16. The Hall–Kier alpha value is -2.70. The summed E-state index contributed by atoms with van der Waals surface area (Å²) in [5, 5.41) is 25.9. The third kappa shape index (κ3) is 2.70. The van der Waals surface area contributed by atoms with Crippen LogP contribution in [-0.2, 0) is 0 Å². The number of benzene rings is 1. The average molecular weight is 253 g/mol. The van der Waals surface area contributed by atoms with Crippen molar-refractivity contribution in [2.75, 3.05) is 5.32 Å². The zero-order valence-corrected chi connectivity index (χ0v) is 9.98. The lowest BCUT2D eigenvalue weighted by atomic mass is 10.1. The van der Waals surface area contributed by atoms with Crippen LogP contribution in [0.1, 0.15) is 0 Å². The van der Waals surface area contributed by atoms with Gasteiger partial charge in [0.2, 0.25) is 0 Å². The predicted octanol–water partition coefficient (Wildman–Crippen LogP) is 2.55. The molecule has 0 aliphatic heterocycles. The second kappa shape index (κ2) is 5.58. The second-order valence-corrected chi connectivity index (χ2v) is 3.90. The highest BCUT2D eigenvalue weighted by Crippen LogP contribution is 2.20. The van der Waals surface area contributed by atoms with Crippen molar-refractivity contribution in [2.24, 2.45) is 0 Å². The molecule has 1 N–H and O–H groups in total. The number of rotatable bonds is 3. The number of nitriles is 2. The normalized spacial score (nSPS) is 9.00. The van der Waals surface area contributed by atoms with E-state index in [2.05, 4.69) is 14.9 Å². The summed E-state index contributed by atoms with van der Waals surface area (Å²) in [5.41, 5.74) is 2.63. The first-order valence-electron chi connectivity index (χ1n) is 4.98. The molecule has 0 aliphatic carbocycles. The number of anilines is 1. The molecule has 5 nitrogen and oxygen atoms in total. The molecule has 0 spiro atoms. The highest BCUT2D eigenvalue weighted by Gasteiger charge is 2.00. The van der Waals surface area contributed by atoms with Crippen LogP contribution < -0.4 is 5.32 Å². The average Bonchev–Trinajstić information content (AvgIpc) is 2.94. The van der Waals surface area contributed by atoms with Gasteiger partial charge in [-0.15, -0.1) is 5.10 Å². The van der Waals surface area contributed by atoms with Crippen LogP contribution in [0.15, 0.2) is 41.4 Å². The molecule has 0 saturated carbocycles. The highest BCUT2D eigenvalue weighted by molar-refractivity contribution is 7.03. The molecule has 0 radical (unpaired) electrons. The fourth-order valence-corrected chi connectivity index (χ4v) is 1.74. The van der Waals surface area contributed by atoms with Crippen LogP contribution in [0.5, 0.6) is 0 Å². The standard InChI is InChI=1S/C12H7N5S/c13-5-9(6-14)7-15-11-3-1-10(2-4-11)12-8-18-17-16-12/h1-4,7-8,15H. The van der Waals surface area contributed by atoms with E-state index in [0.29, 0.717) is 0 Å². The van der Waals surface area contributed by atoms with E-state index in [1.54, 1.807) is 12.1 Å². The van der Waals surface area contributed by atoms with E-state index >= 15 is 0 Å². The molecule has 1 aromatic carbocycles. The quantitative estimate of drug-likeness (QED) is 0.849. The number of hydrogen-bond donors (Lipinski definition) is 1. The molecule has 18 heavy (non-hydrogen) atoms. The monoisotopic (exact) mass is 253 g/mol. The molecular formula is C12H7N5S. The van der Waals surface area contributed by atoms with Crippen molar-refractivity contribution in [3.63, 3.8) is 0 Å². The molecule has 0 amide bonds. The summed E-state index contributed by atoms with van der Waals surface area (Å²) in [4.78, 5) is 0. The van der Waals surface area contributed by atoms with Crippen LogP contribution in [0.4, 0.5) is 5.69 Å². The van der Waals surface area contributed by atoms with Crippen LogP contribution >= 0.6 is 11.5 Å². The van der Waals surface area contributed by atoms with Crippen LogP contribution in [0.2, 0.25) is 0 Å². The minimum Gasteiger partial charge on any atom is -0.360 e. The Kier molecular flexibility index (Phi) is 3.65. The Balaban J connectivity index is 2.12. The molecule has 2 rings (SSSR count). The Morgan fingerprint density at radius 3 is 2.50 bits per heavy atom. The first-order valence-corrected chi connectivity index (χ1v) is 5.81. The number of aromatic nitrogens is 2.